The lowest BCUT2D eigenvalue weighted by Crippen LogP contribution is -1.87. The average Bonchev–Trinajstić information content (AvgIpc) is 2.41. The van der Waals surface area contributed by atoms with Gasteiger partial charge in [0.25, 0.3) is 0 Å². The van der Waals surface area contributed by atoms with Gasteiger partial charge >= 0.3 is 0 Å². The average molecular weight is 286 g/mol. The molecule has 3 heteroatoms. The molecule has 0 aromatic carbocycles. The molecule has 1 nitrogen and oxygen atoms in total. The zero-order chi connectivity index (χ0) is 14.5. The quantitative estimate of drug-likeness (QED) is 0.388. The molecule has 0 saturated carbocycles. The van der Waals surface area contributed by atoms with Crippen LogP contribution in [0.1, 0.15) is 59.3 Å². The molecule has 0 aliphatic heterocycles. The Labute approximate surface area is 131 Å². The fourth-order valence-electron chi connectivity index (χ4n) is 1.19. The van der Waals surface area contributed by atoms with Crippen molar-refractivity contribution in [3.8, 4) is 0 Å². The van der Waals surface area contributed by atoms with Crippen LogP contribution in [-0.4, -0.2) is 43.2 Å². The molecule has 0 aromatic rings. The monoisotopic (exact) mass is 286 g/mol. The predicted molar refractivity (Wildman–Crippen MR) is 92.1 cm³/mol. The van der Waals surface area contributed by atoms with Crippen molar-refractivity contribution in [1.82, 2.24) is 0 Å². The molecular formula is C15H36Al2O. The lowest BCUT2D eigenvalue weighted by molar-refractivity contribution is 0.287. The van der Waals surface area contributed by atoms with Crippen molar-refractivity contribution < 1.29 is 5.11 Å². The summed E-state index contributed by atoms with van der Waals surface area (Å²) in [6, 6.07) is 0. The minimum absolute atomic E-state index is 0.344. The van der Waals surface area contributed by atoms with Crippen molar-refractivity contribution >= 4 is 31.5 Å². The minimum Gasteiger partial charge on any atom is -0.396 e. The Morgan fingerprint density at radius 3 is 1.56 bits per heavy atom. The Balaban J connectivity index is -0.000000212. The van der Waals surface area contributed by atoms with Crippen molar-refractivity contribution in [2.75, 3.05) is 6.61 Å². The smallest absolute Gasteiger partial charge is 0.236 e. The Kier molecular flexibility index (Phi) is 40.6. The summed E-state index contributed by atoms with van der Waals surface area (Å²) in [5.41, 5.74) is 0. The van der Waals surface area contributed by atoms with E-state index in [0.29, 0.717) is 21.8 Å². The summed E-state index contributed by atoms with van der Waals surface area (Å²) in [5.74, 6) is 0. The van der Waals surface area contributed by atoms with E-state index in [1.54, 1.807) is 10.6 Å². The van der Waals surface area contributed by atoms with Gasteiger partial charge in [0, 0.05) is 6.61 Å². The van der Waals surface area contributed by atoms with E-state index in [1.165, 1.54) is 47.3 Å². The van der Waals surface area contributed by atoms with E-state index in [9.17, 15) is 0 Å². The van der Waals surface area contributed by atoms with Crippen LogP contribution < -0.4 is 0 Å². The number of unbranched alkanes of at least 4 members (excludes halogenated alkanes) is 3. The number of hydrogen-bond donors (Lipinski definition) is 1. The van der Waals surface area contributed by atoms with Gasteiger partial charge < -0.3 is 5.11 Å². The highest BCUT2D eigenvalue weighted by Gasteiger charge is 1.90. The van der Waals surface area contributed by atoms with Crippen LogP contribution >= 0.6 is 0 Å². The Bertz CT molecular complexity index is 111. The molecule has 0 aliphatic rings. The lowest BCUT2D eigenvalue weighted by Gasteiger charge is -1.92. The van der Waals surface area contributed by atoms with Gasteiger partial charge in [-0.1, -0.05) is 68.7 Å². The second kappa shape index (κ2) is 30.6. The standard InChI is InChI=1S/C4H10O.2C4H9.C3H5.2Al.3H/c1-2-3-4-5;2*1-3-4-2;1-3-2;;;;;/h5H,2-4H2,1H3;2*1,3-4H2,2H3;3H,1-2H2;;;;;. The highest BCUT2D eigenvalue weighted by molar-refractivity contribution is 6.35. The van der Waals surface area contributed by atoms with Crippen molar-refractivity contribution in [1.29, 1.82) is 0 Å². The van der Waals surface area contributed by atoms with Crippen molar-refractivity contribution in [2.45, 2.75) is 75.1 Å². The van der Waals surface area contributed by atoms with Gasteiger partial charge in [-0.25, -0.2) is 0 Å². The van der Waals surface area contributed by atoms with Gasteiger partial charge in [0.05, 0.1) is 0 Å². The van der Waals surface area contributed by atoms with E-state index in [1.807, 2.05) is 6.08 Å². The molecule has 0 aliphatic carbocycles. The van der Waals surface area contributed by atoms with Gasteiger partial charge in [-0.15, -0.1) is 12.7 Å². The van der Waals surface area contributed by atoms with Crippen LogP contribution in [0.2, 0.25) is 15.8 Å². The van der Waals surface area contributed by atoms with E-state index < -0.39 is 0 Å². The molecule has 0 amide bonds. The summed E-state index contributed by atoms with van der Waals surface area (Å²) in [7, 11) is 0. The second-order valence-corrected chi connectivity index (χ2v) is 7.48. The first kappa shape index (κ1) is 23.8. The zero-order valence-electron chi connectivity index (χ0n) is 13.5. The minimum atomic E-state index is 0.344. The topological polar surface area (TPSA) is 20.2 Å². The fourth-order valence-corrected chi connectivity index (χ4v) is 3.25. The summed E-state index contributed by atoms with van der Waals surface area (Å²) in [6.07, 6.45) is 9.77. The largest absolute Gasteiger partial charge is 0.396 e. The van der Waals surface area contributed by atoms with E-state index in [0.717, 1.165) is 12.8 Å². The highest BCUT2D eigenvalue weighted by atomic mass is 27.1. The number of aliphatic hydroxyl groups is 1. The maximum Gasteiger partial charge on any atom is 0.236 e. The van der Waals surface area contributed by atoms with Gasteiger partial charge in [0.15, 0.2) is 0 Å². The lowest BCUT2D eigenvalue weighted by atomic mass is 10.4. The van der Waals surface area contributed by atoms with Crippen molar-refractivity contribution in [2.24, 2.45) is 0 Å². The van der Waals surface area contributed by atoms with Gasteiger partial charge in [0.1, 0.15) is 0 Å². The molecule has 0 heterocycles. The molecule has 0 aromatic heterocycles. The Hall–Kier alpha value is 0.765. The normalized spacial score (nSPS) is 8.44. The van der Waals surface area contributed by atoms with Crippen LogP contribution in [-0.2, 0) is 0 Å². The molecule has 0 fully saturated rings. The molecule has 18 heavy (non-hydrogen) atoms. The Morgan fingerprint density at radius 1 is 1.00 bits per heavy atom. The van der Waals surface area contributed by atoms with Crippen molar-refractivity contribution in [3.05, 3.63) is 12.7 Å². The molecule has 0 spiro atoms. The van der Waals surface area contributed by atoms with E-state index in [4.69, 9.17) is 5.11 Å². The summed E-state index contributed by atoms with van der Waals surface area (Å²) >= 11 is 1.66. The number of aliphatic hydroxyl groups excluding tert-OH is 1. The summed E-state index contributed by atoms with van der Waals surface area (Å²) in [6.45, 7) is 10.5. The molecule has 0 saturated heterocycles. The first-order valence-electron chi connectivity index (χ1n) is 7.96. The number of allylic oxidation sites excluding steroid dienone is 1. The predicted octanol–water partition coefficient (Wildman–Crippen LogP) is 3.86. The van der Waals surface area contributed by atoms with E-state index in [2.05, 4.69) is 27.4 Å². The van der Waals surface area contributed by atoms with Crippen LogP contribution in [0.3, 0.4) is 0 Å². The van der Waals surface area contributed by atoms with Crippen LogP contribution in [0.5, 0.6) is 0 Å². The third-order valence-corrected chi connectivity index (χ3v) is 5.08. The zero-order valence-corrected chi connectivity index (χ0v) is 16.9. The van der Waals surface area contributed by atoms with Gasteiger partial charge in [-0.3, -0.25) is 0 Å². The van der Waals surface area contributed by atoms with Crippen LogP contribution in [0.25, 0.3) is 0 Å². The fraction of sp³-hybridized carbons (Fsp3) is 0.867. The third-order valence-electron chi connectivity index (χ3n) is 2.51. The molecule has 1 N–H and O–H groups in total. The maximum atomic E-state index is 8.07. The van der Waals surface area contributed by atoms with E-state index >= 15 is 0 Å². The van der Waals surface area contributed by atoms with E-state index in [-0.39, 0.29) is 0 Å². The third kappa shape index (κ3) is 43.7. The molecule has 0 unspecified atom stereocenters. The maximum absolute atomic E-state index is 8.07. The molecule has 0 radical (unpaired) electrons. The number of rotatable bonds is 9. The van der Waals surface area contributed by atoms with Gasteiger partial charge in [0.2, 0.25) is 31.5 Å². The Morgan fingerprint density at radius 2 is 1.39 bits per heavy atom. The molecular weight excluding hydrogens is 250 g/mol. The number of hydrogen-bond acceptors (Lipinski definition) is 1. The summed E-state index contributed by atoms with van der Waals surface area (Å²) in [5, 5.41) is 12.5. The van der Waals surface area contributed by atoms with Crippen LogP contribution in [0.4, 0.5) is 0 Å². The summed E-state index contributed by atoms with van der Waals surface area (Å²) in [4.78, 5) is 0. The first-order chi connectivity index (χ1) is 8.74. The van der Waals surface area contributed by atoms with Crippen LogP contribution in [0, 0.1) is 0 Å². The molecule has 0 atom stereocenters. The summed E-state index contributed by atoms with van der Waals surface area (Å²) < 4.78 is 0. The molecule has 108 valence electrons. The highest BCUT2D eigenvalue weighted by Crippen LogP contribution is 1.99. The second-order valence-electron chi connectivity index (χ2n) is 4.54. The molecule has 0 rings (SSSR count). The SMILES string of the molecule is C=C[CH2][AlH2].CCCCO.CCC[CH2][AlH][CH2]CCC. The van der Waals surface area contributed by atoms with Crippen LogP contribution in [0.15, 0.2) is 12.7 Å². The van der Waals surface area contributed by atoms with Crippen molar-refractivity contribution in [3.63, 3.8) is 0 Å². The van der Waals surface area contributed by atoms with Gasteiger partial charge in [-0.05, 0) is 6.42 Å². The van der Waals surface area contributed by atoms with Gasteiger partial charge in [-0.2, -0.15) is 0 Å². The molecule has 0 bridgehead atoms. The first-order valence-corrected chi connectivity index (χ1v) is 11.4.